The number of methoxy groups -OCH3 is 1. The van der Waals surface area contributed by atoms with Crippen LogP contribution in [-0.2, 0) is 13.6 Å². The zero-order chi connectivity index (χ0) is 14.5. The van der Waals surface area contributed by atoms with Gasteiger partial charge in [0.05, 0.1) is 12.8 Å². The zero-order valence-corrected chi connectivity index (χ0v) is 12.1. The molecule has 1 aromatic carbocycles. The molecular formula is C16H20N2O2. The van der Waals surface area contributed by atoms with Crippen molar-refractivity contribution in [3.63, 3.8) is 0 Å². The number of pyridine rings is 1. The van der Waals surface area contributed by atoms with E-state index in [1.54, 1.807) is 18.7 Å². The number of nitrogens with one attached hydrogen (secondary N) is 1. The number of ether oxygens (including phenoxy) is 1. The van der Waals surface area contributed by atoms with E-state index in [1.165, 1.54) is 0 Å². The summed E-state index contributed by atoms with van der Waals surface area (Å²) in [5.74, 6) is 0.766. The number of benzene rings is 1. The van der Waals surface area contributed by atoms with Crippen LogP contribution in [0.25, 0.3) is 11.3 Å². The second-order valence-corrected chi connectivity index (χ2v) is 4.59. The topological polar surface area (TPSA) is 43.3 Å². The summed E-state index contributed by atoms with van der Waals surface area (Å²) in [4.78, 5) is 12.4. The Morgan fingerprint density at radius 2 is 1.95 bits per heavy atom. The fraction of sp³-hybridized carbons (Fsp3) is 0.312. The first-order valence-electron chi connectivity index (χ1n) is 6.72. The van der Waals surface area contributed by atoms with Crippen LogP contribution in [0.1, 0.15) is 12.5 Å². The minimum Gasteiger partial charge on any atom is -0.496 e. The molecule has 4 nitrogen and oxygen atoms in total. The minimum atomic E-state index is 0.0226. The fourth-order valence-corrected chi connectivity index (χ4v) is 2.21. The third-order valence-electron chi connectivity index (χ3n) is 3.33. The van der Waals surface area contributed by atoms with Crippen LogP contribution in [0.15, 0.2) is 41.2 Å². The quantitative estimate of drug-likeness (QED) is 0.907. The molecule has 1 aromatic heterocycles. The Kier molecular flexibility index (Phi) is 4.58. The molecule has 0 radical (unpaired) electrons. The van der Waals surface area contributed by atoms with Gasteiger partial charge < -0.3 is 14.6 Å². The molecule has 106 valence electrons. The summed E-state index contributed by atoms with van der Waals surface area (Å²) in [5.41, 5.74) is 2.57. The van der Waals surface area contributed by atoms with E-state index in [0.717, 1.165) is 29.1 Å². The Bertz CT molecular complexity index is 647. The van der Waals surface area contributed by atoms with E-state index in [1.807, 2.05) is 43.3 Å². The lowest BCUT2D eigenvalue weighted by Gasteiger charge is -2.13. The molecular weight excluding hydrogens is 252 g/mol. The van der Waals surface area contributed by atoms with Gasteiger partial charge in [0.15, 0.2) is 0 Å². The molecule has 0 saturated carbocycles. The maximum Gasteiger partial charge on any atom is 0.255 e. The van der Waals surface area contributed by atoms with E-state index < -0.39 is 0 Å². The Labute approximate surface area is 119 Å². The summed E-state index contributed by atoms with van der Waals surface area (Å²) in [5, 5.41) is 3.18. The highest BCUT2D eigenvalue weighted by molar-refractivity contribution is 5.67. The molecule has 0 saturated heterocycles. The first-order chi connectivity index (χ1) is 9.69. The lowest BCUT2D eigenvalue weighted by molar-refractivity contribution is 0.416. The molecule has 0 aliphatic heterocycles. The van der Waals surface area contributed by atoms with E-state index in [2.05, 4.69) is 5.32 Å². The van der Waals surface area contributed by atoms with Gasteiger partial charge in [-0.1, -0.05) is 25.1 Å². The summed E-state index contributed by atoms with van der Waals surface area (Å²) in [6.45, 7) is 3.46. The molecule has 0 bridgehead atoms. The van der Waals surface area contributed by atoms with Crippen LogP contribution < -0.4 is 15.6 Å². The minimum absolute atomic E-state index is 0.0226. The number of rotatable bonds is 5. The average molecular weight is 272 g/mol. The second-order valence-electron chi connectivity index (χ2n) is 4.59. The summed E-state index contributed by atoms with van der Waals surface area (Å²) >= 11 is 0. The predicted octanol–water partition coefficient (Wildman–Crippen LogP) is 2.17. The van der Waals surface area contributed by atoms with Crippen molar-refractivity contribution in [3.05, 3.63) is 52.3 Å². The smallest absolute Gasteiger partial charge is 0.255 e. The van der Waals surface area contributed by atoms with Gasteiger partial charge in [-0.15, -0.1) is 0 Å². The highest BCUT2D eigenvalue weighted by atomic mass is 16.5. The van der Waals surface area contributed by atoms with Gasteiger partial charge in [0.25, 0.3) is 5.56 Å². The maximum atomic E-state index is 12.4. The van der Waals surface area contributed by atoms with Crippen LogP contribution in [0.5, 0.6) is 5.75 Å². The van der Waals surface area contributed by atoms with Crippen LogP contribution in [0.2, 0.25) is 0 Å². The van der Waals surface area contributed by atoms with Crippen molar-refractivity contribution in [2.45, 2.75) is 13.5 Å². The van der Waals surface area contributed by atoms with Crippen molar-refractivity contribution in [3.8, 4) is 17.0 Å². The standard InChI is InChI=1S/C16H20N2O2/c1-4-17-11-12-9-10-14(18(2)16(12)19)13-7-5-6-8-15(13)20-3/h5-10,17H,4,11H2,1-3H3. The van der Waals surface area contributed by atoms with Gasteiger partial charge in [-0.3, -0.25) is 4.79 Å². The number of hydrogen-bond acceptors (Lipinski definition) is 3. The molecule has 20 heavy (non-hydrogen) atoms. The van der Waals surface area contributed by atoms with Crippen LogP contribution in [0.4, 0.5) is 0 Å². The largest absolute Gasteiger partial charge is 0.496 e. The van der Waals surface area contributed by atoms with Crippen LogP contribution in [-0.4, -0.2) is 18.2 Å². The van der Waals surface area contributed by atoms with Gasteiger partial charge in [-0.05, 0) is 24.7 Å². The van der Waals surface area contributed by atoms with E-state index in [9.17, 15) is 4.79 Å². The van der Waals surface area contributed by atoms with Crippen molar-refractivity contribution in [1.29, 1.82) is 0 Å². The Hall–Kier alpha value is -2.07. The van der Waals surface area contributed by atoms with Gasteiger partial charge in [0.1, 0.15) is 5.75 Å². The van der Waals surface area contributed by atoms with Crippen molar-refractivity contribution >= 4 is 0 Å². The summed E-state index contributed by atoms with van der Waals surface area (Å²) in [7, 11) is 3.43. The third-order valence-corrected chi connectivity index (χ3v) is 3.33. The second kappa shape index (κ2) is 6.39. The number of para-hydroxylation sites is 1. The number of nitrogens with zero attached hydrogens (tertiary/aromatic N) is 1. The van der Waals surface area contributed by atoms with Crippen molar-refractivity contribution in [1.82, 2.24) is 9.88 Å². The van der Waals surface area contributed by atoms with Crippen LogP contribution in [0.3, 0.4) is 0 Å². The van der Waals surface area contributed by atoms with Gasteiger partial charge in [0, 0.05) is 24.7 Å². The van der Waals surface area contributed by atoms with Crippen LogP contribution in [0, 0.1) is 0 Å². The molecule has 0 spiro atoms. The third kappa shape index (κ3) is 2.75. The normalized spacial score (nSPS) is 10.6. The maximum absolute atomic E-state index is 12.4. The van der Waals surface area contributed by atoms with Gasteiger partial charge in [-0.2, -0.15) is 0 Å². The van der Waals surface area contributed by atoms with Gasteiger partial charge >= 0.3 is 0 Å². The predicted molar refractivity (Wildman–Crippen MR) is 81.1 cm³/mol. The zero-order valence-electron chi connectivity index (χ0n) is 12.1. The highest BCUT2D eigenvalue weighted by Crippen LogP contribution is 2.28. The lowest BCUT2D eigenvalue weighted by Crippen LogP contribution is -2.26. The Morgan fingerprint density at radius 3 is 2.65 bits per heavy atom. The molecule has 4 heteroatoms. The monoisotopic (exact) mass is 272 g/mol. The SMILES string of the molecule is CCNCc1ccc(-c2ccccc2OC)n(C)c1=O. The Balaban J connectivity index is 2.49. The number of hydrogen-bond donors (Lipinski definition) is 1. The molecule has 2 rings (SSSR count). The first kappa shape index (κ1) is 14.3. The molecule has 1 heterocycles. The molecule has 0 unspecified atom stereocenters. The average Bonchev–Trinajstić information content (AvgIpc) is 2.49. The lowest BCUT2D eigenvalue weighted by atomic mass is 10.1. The van der Waals surface area contributed by atoms with Crippen molar-refractivity contribution in [2.24, 2.45) is 7.05 Å². The first-order valence-corrected chi connectivity index (χ1v) is 6.72. The summed E-state index contributed by atoms with van der Waals surface area (Å²) in [6, 6.07) is 11.6. The number of aromatic nitrogens is 1. The van der Waals surface area contributed by atoms with Gasteiger partial charge in [-0.25, -0.2) is 0 Å². The summed E-state index contributed by atoms with van der Waals surface area (Å²) in [6.07, 6.45) is 0. The molecule has 0 atom stereocenters. The van der Waals surface area contributed by atoms with Crippen molar-refractivity contribution < 1.29 is 4.74 Å². The summed E-state index contributed by atoms with van der Waals surface area (Å²) < 4.78 is 7.03. The van der Waals surface area contributed by atoms with Crippen LogP contribution >= 0.6 is 0 Å². The molecule has 0 amide bonds. The van der Waals surface area contributed by atoms with Gasteiger partial charge in [0.2, 0.25) is 0 Å². The van der Waals surface area contributed by atoms with E-state index in [-0.39, 0.29) is 5.56 Å². The molecule has 0 aliphatic rings. The molecule has 2 aromatic rings. The highest BCUT2D eigenvalue weighted by Gasteiger charge is 2.10. The van der Waals surface area contributed by atoms with E-state index in [4.69, 9.17) is 4.74 Å². The van der Waals surface area contributed by atoms with Crippen molar-refractivity contribution in [2.75, 3.05) is 13.7 Å². The molecule has 1 N–H and O–H groups in total. The van der Waals surface area contributed by atoms with E-state index >= 15 is 0 Å². The molecule has 0 fully saturated rings. The molecule has 0 aliphatic carbocycles. The fourth-order valence-electron chi connectivity index (χ4n) is 2.21. The van der Waals surface area contributed by atoms with E-state index in [0.29, 0.717) is 6.54 Å². The Morgan fingerprint density at radius 1 is 1.20 bits per heavy atom.